The second kappa shape index (κ2) is 5.35. The summed E-state index contributed by atoms with van der Waals surface area (Å²) < 4.78 is 15.5. The highest BCUT2D eigenvalue weighted by Crippen LogP contribution is 2.19. The van der Waals surface area contributed by atoms with Crippen LogP contribution in [0.2, 0.25) is 0 Å². The monoisotopic (exact) mass is 286 g/mol. The molecule has 3 N–H and O–H groups in total. The lowest BCUT2D eigenvalue weighted by Crippen LogP contribution is -2.07. The van der Waals surface area contributed by atoms with Gasteiger partial charge in [0.05, 0.1) is 12.9 Å². The van der Waals surface area contributed by atoms with Crippen molar-refractivity contribution in [2.24, 2.45) is 0 Å². The first-order chi connectivity index (χ1) is 10.2. The Morgan fingerprint density at radius 1 is 1.29 bits per heavy atom. The number of nitrogens with one attached hydrogen (secondary N) is 1. The molecule has 0 spiro atoms. The quantitative estimate of drug-likeness (QED) is 0.767. The van der Waals surface area contributed by atoms with Crippen LogP contribution in [0.3, 0.4) is 0 Å². The summed E-state index contributed by atoms with van der Waals surface area (Å²) in [7, 11) is 0. The molecule has 3 rings (SSSR count). The number of aromatic nitrogens is 4. The highest BCUT2D eigenvalue weighted by molar-refractivity contribution is 5.82. The van der Waals surface area contributed by atoms with Crippen LogP contribution in [-0.4, -0.2) is 26.1 Å². The standard InChI is InChI=1S/C14H15FN6/c1-2-17-14-19-12(16)11-13(20-14)21(8-18-11)7-9-5-3-4-6-10(9)15/h3-6,8H,2,7H2,1H3,(H3,16,17,19,20). The van der Waals surface area contributed by atoms with Crippen molar-refractivity contribution in [2.45, 2.75) is 13.5 Å². The highest BCUT2D eigenvalue weighted by Gasteiger charge is 2.12. The van der Waals surface area contributed by atoms with Crippen molar-refractivity contribution in [1.29, 1.82) is 0 Å². The third-order valence-electron chi connectivity index (χ3n) is 3.12. The maximum Gasteiger partial charge on any atom is 0.226 e. The predicted octanol–water partition coefficient (Wildman–Crippen LogP) is 2.03. The molecule has 0 unspecified atom stereocenters. The van der Waals surface area contributed by atoms with Crippen LogP contribution in [-0.2, 0) is 6.54 Å². The zero-order valence-electron chi connectivity index (χ0n) is 11.5. The van der Waals surface area contributed by atoms with Gasteiger partial charge in [-0.25, -0.2) is 9.37 Å². The average molecular weight is 286 g/mol. The van der Waals surface area contributed by atoms with E-state index in [9.17, 15) is 4.39 Å². The number of imidazole rings is 1. The van der Waals surface area contributed by atoms with E-state index in [4.69, 9.17) is 5.73 Å². The molecular formula is C14H15FN6. The summed E-state index contributed by atoms with van der Waals surface area (Å²) in [6, 6.07) is 6.62. The molecule has 0 aliphatic carbocycles. The number of rotatable bonds is 4. The number of benzene rings is 1. The molecule has 2 aromatic heterocycles. The van der Waals surface area contributed by atoms with E-state index >= 15 is 0 Å². The molecule has 1 aromatic carbocycles. The van der Waals surface area contributed by atoms with Crippen LogP contribution >= 0.6 is 0 Å². The van der Waals surface area contributed by atoms with E-state index in [1.54, 1.807) is 29.1 Å². The first kappa shape index (κ1) is 13.3. The fourth-order valence-electron chi connectivity index (χ4n) is 2.13. The summed E-state index contributed by atoms with van der Waals surface area (Å²) in [5.41, 5.74) is 7.56. The van der Waals surface area contributed by atoms with E-state index in [-0.39, 0.29) is 5.82 Å². The van der Waals surface area contributed by atoms with Crippen LogP contribution in [0, 0.1) is 5.82 Å². The van der Waals surface area contributed by atoms with Gasteiger partial charge >= 0.3 is 0 Å². The van der Waals surface area contributed by atoms with Crippen LogP contribution in [0.15, 0.2) is 30.6 Å². The number of hydrogen-bond acceptors (Lipinski definition) is 5. The van der Waals surface area contributed by atoms with Crippen molar-refractivity contribution in [3.8, 4) is 0 Å². The summed E-state index contributed by atoms with van der Waals surface area (Å²) in [5, 5.41) is 3.02. The van der Waals surface area contributed by atoms with E-state index in [0.29, 0.717) is 41.6 Å². The smallest absolute Gasteiger partial charge is 0.226 e. The van der Waals surface area contributed by atoms with Crippen LogP contribution in [0.5, 0.6) is 0 Å². The number of anilines is 2. The number of nitrogens with zero attached hydrogens (tertiary/aromatic N) is 4. The molecule has 2 heterocycles. The number of halogens is 1. The van der Waals surface area contributed by atoms with Gasteiger partial charge in [0, 0.05) is 12.1 Å². The Hall–Kier alpha value is -2.70. The Morgan fingerprint density at radius 2 is 2.10 bits per heavy atom. The lowest BCUT2D eigenvalue weighted by Gasteiger charge is -2.07. The van der Waals surface area contributed by atoms with Gasteiger partial charge in [0.15, 0.2) is 11.5 Å². The first-order valence-electron chi connectivity index (χ1n) is 6.64. The number of nitrogen functional groups attached to an aromatic ring is 1. The predicted molar refractivity (Wildman–Crippen MR) is 79.4 cm³/mol. The Morgan fingerprint density at radius 3 is 2.86 bits per heavy atom. The van der Waals surface area contributed by atoms with Gasteiger partial charge in [-0.1, -0.05) is 18.2 Å². The summed E-state index contributed by atoms with van der Waals surface area (Å²) in [6.45, 7) is 2.97. The van der Waals surface area contributed by atoms with Gasteiger partial charge in [-0.15, -0.1) is 0 Å². The van der Waals surface area contributed by atoms with Crippen LogP contribution in [0.25, 0.3) is 11.2 Å². The minimum absolute atomic E-state index is 0.256. The maximum atomic E-state index is 13.8. The molecule has 0 aliphatic heterocycles. The number of hydrogen-bond donors (Lipinski definition) is 2. The molecule has 0 radical (unpaired) electrons. The van der Waals surface area contributed by atoms with E-state index < -0.39 is 0 Å². The normalized spacial score (nSPS) is 11.0. The number of fused-ring (bicyclic) bond motifs is 1. The minimum Gasteiger partial charge on any atom is -0.382 e. The van der Waals surface area contributed by atoms with Gasteiger partial charge in [0.25, 0.3) is 0 Å². The third kappa shape index (κ3) is 2.49. The van der Waals surface area contributed by atoms with E-state index in [2.05, 4.69) is 20.3 Å². The van der Waals surface area contributed by atoms with Crippen molar-refractivity contribution >= 4 is 22.9 Å². The second-order valence-corrected chi connectivity index (χ2v) is 4.60. The van der Waals surface area contributed by atoms with Gasteiger partial charge in [-0.05, 0) is 13.0 Å². The molecular weight excluding hydrogens is 271 g/mol. The van der Waals surface area contributed by atoms with Gasteiger partial charge in [0.2, 0.25) is 5.95 Å². The average Bonchev–Trinajstić information content (AvgIpc) is 2.86. The van der Waals surface area contributed by atoms with Crippen LogP contribution in [0.1, 0.15) is 12.5 Å². The molecule has 21 heavy (non-hydrogen) atoms. The molecule has 0 atom stereocenters. The van der Waals surface area contributed by atoms with E-state index in [0.717, 1.165) is 0 Å². The number of nitrogens with two attached hydrogens (primary N) is 1. The zero-order valence-corrected chi connectivity index (χ0v) is 11.5. The fourth-order valence-corrected chi connectivity index (χ4v) is 2.13. The summed E-state index contributed by atoms with van der Waals surface area (Å²) in [4.78, 5) is 12.7. The van der Waals surface area contributed by atoms with Gasteiger partial charge in [-0.3, -0.25) is 0 Å². The Labute approximate surface area is 120 Å². The molecule has 6 nitrogen and oxygen atoms in total. The van der Waals surface area contributed by atoms with Crippen LogP contribution < -0.4 is 11.1 Å². The van der Waals surface area contributed by atoms with Gasteiger partial charge in [0.1, 0.15) is 11.3 Å². The molecule has 108 valence electrons. The van der Waals surface area contributed by atoms with Gasteiger partial charge in [-0.2, -0.15) is 9.97 Å². The molecule has 0 aliphatic rings. The molecule has 3 aromatic rings. The second-order valence-electron chi connectivity index (χ2n) is 4.60. The molecule has 0 saturated heterocycles. The molecule has 0 amide bonds. The minimum atomic E-state index is -0.256. The van der Waals surface area contributed by atoms with E-state index in [1.165, 1.54) is 6.07 Å². The van der Waals surface area contributed by atoms with Crippen molar-refractivity contribution in [3.05, 3.63) is 42.0 Å². The molecule has 0 saturated carbocycles. The molecule has 0 fully saturated rings. The fraction of sp³-hybridized carbons (Fsp3) is 0.214. The lowest BCUT2D eigenvalue weighted by molar-refractivity contribution is 0.601. The maximum absolute atomic E-state index is 13.8. The third-order valence-corrected chi connectivity index (χ3v) is 3.12. The van der Waals surface area contributed by atoms with Crippen molar-refractivity contribution in [1.82, 2.24) is 19.5 Å². The highest BCUT2D eigenvalue weighted by atomic mass is 19.1. The Bertz CT molecular complexity index is 782. The van der Waals surface area contributed by atoms with Crippen molar-refractivity contribution < 1.29 is 4.39 Å². The summed E-state index contributed by atoms with van der Waals surface area (Å²) in [6.07, 6.45) is 1.60. The molecule has 7 heteroatoms. The largest absolute Gasteiger partial charge is 0.382 e. The summed E-state index contributed by atoms with van der Waals surface area (Å²) >= 11 is 0. The van der Waals surface area contributed by atoms with Crippen LogP contribution in [0.4, 0.5) is 16.2 Å². The SMILES string of the molecule is CCNc1nc(N)c2ncn(Cc3ccccc3F)c2n1. The summed E-state index contributed by atoms with van der Waals surface area (Å²) in [5.74, 6) is 0.495. The molecule has 0 bridgehead atoms. The Kier molecular flexibility index (Phi) is 3.39. The topological polar surface area (TPSA) is 81.6 Å². The Balaban J connectivity index is 2.05. The van der Waals surface area contributed by atoms with Crippen molar-refractivity contribution in [2.75, 3.05) is 17.6 Å². The van der Waals surface area contributed by atoms with Gasteiger partial charge < -0.3 is 15.6 Å². The first-order valence-corrected chi connectivity index (χ1v) is 6.64. The zero-order chi connectivity index (χ0) is 14.8. The van der Waals surface area contributed by atoms with E-state index in [1.807, 2.05) is 6.92 Å². The lowest BCUT2D eigenvalue weighted by atomic mass is 10.2. The van der Waals surface area contributed by atoms with Crippen molar-refractivity contribution in [3.63, 3.8) is 0 Å².